The van der Waals surface area contributed by atoms with Crippen molar-refractivity contribution in [3.63, 3.8) is 0 Å². The van der Waals surface area contributed by atoms with Gasteiger partial charge in [-0.05, 0) is 34.0 Å². The van der Waals surface area contributed by atoms with Crippen LogP contribution >= 0.6 is 0 Å². The Kier molecular flexibility index (Phi) is 8.08. The van der Waals surface area contributed by atoms with Crippen LogP contribution < -0.4 is 0 Å². The summed E-state index contributed by atoms with van der Waals surface area (Å²) in [5.41, 5.74) is 7.75. The zero-order valence-electron chi connectivity index (χ0n) is 28.0. The first-order chi connectivity index (χ1) is 25.8. The number of nitrogens with zero attached hydrogens (tertiary/aromatic N) is 6. The highest BCUT2D eigenvalue weighted by Crippen LogP contribution is 2.36. The van der Waals surface area contributed by atoms with Crippen molar-refractivity contribution in [3.05, 3.63) is 182 Å². The average molecular weight is 667 g/mol. The second kappa shape index (κ2) is 13.6. The zero-order chi connectivity index (χ0) is 34.7. The van der Waals surface area contributed by atoms with Gasteiger partial charge in [0.2, 0.25) is 0 Å². The second-order valence-corrected chi connectivity index (χ2v) is 12.4. The van der Waals surface area contributed by atoms with Gasteiger partial charge in [0.1, 0.15) is 0 Å². The molecule has 0 spiro atoms. The van der Waals surface area contributed by atoms with E-state index in [9.17, 15) is 0 Å². The number of fused-ring (bicyclic) bond motifs is 1. The van der Waals surface area contributed by atoms with Gasteiger partial charge in [0.05, 0.1) is 0 Å². The fraction of sp³-hybridized carbons (Fsp3) is 0. The molecule has 0 amide bonds. The molecule has 0 aliphatic carbocycles. The predicted molar refractivity (Wildman–Crippen MR) is 209 cm³/mol. The van der Waals surface area contributed by atoms with E-state index in [1.807, 2.05) is 109 Å². The van der Waals surface area contributed by atoms with Crippen LogP contribution in [0.4, 0.5) is 0 Å². The standard InChI is InChI=1S/C46H30N6/c1-5-15-31(16-6-1)32-25-27-36(28-26-32)44-48-43(35-21-11-4-12-22-35)51-46(52-44)40-30-29-39(37-23-13-14-24-38(37)40)45-49-41(33-17-7-2-8-18-33)47-42(50-45)34-19-9-3-10-20-34/h1-30H. The SMILES string of the molecule is c1ccc(-c2ccc(-c3nc(-c4ccccc4)nc(-c4ccc(-c5nc(-c6ccccc6)nc(-c6ccccc6)n5)c5ccccc45)n3)cc2)cc1. The predicted octanol–water partition coefficient (Wildman–Crippen LogP) is 10.9. The van der Waals surface area contributed by atoms with Crippen LogP contribution in [-0.2, 0) is 0 Å². The Morgan fingerprint density at radius 1 is 0.192 bits per heavy atom. The molecule has 7 aromatic carbocycles. The minimum atomic E-state index is 0.587. The molecule has 0 radical (unpaired) electrons. The van der Waals surface area contributed by atoms with Crippen LogP contribution in [0.3, 0.4) is 0 Å². The number of benzene rings is 7. The molecule has 2 heterocycles. The summed E-state index contributed by atoms with van der Waals surface area (Å²) in [6.45, 7) is 0. The number of aromatic nitrogens is 6. The molecular weight excluding hydrogens is 637 g/mol. The first-order valence-corrected chi connectivity index (χ1v) is 17.1. The van der Waals surface area contributed by atoms with Gasteiger partial charge in [-0.25, -0.2) is 29.9 Å². The van der Waals surface area contributed by atoms with E-state index in [-0.39, 0.29) is 0 Å². The minimum Gasteiger partial charge on any atom is -0.208 e. The molecular formula is C46H30N6. The van der Waals surface area contributed by atoms with Crippen molar-refractivity contribution in [3.8, 4) is 79.5 Å². The third-order valence-corrected chi connectivity index (χ3v) is 9.02. The molecule has 9 rings (SSSR count). The lowest BCUT2D eigenvalue weighted by atomic mass is 9.98. The maximum Gasteiger partial charge on any atom is 0.164 e. The fourth-order valence-corrected chi connectivity index (χ4v) is 6.40. The van der Waals surface area contributed by atoms with E-state index in [1.165, 1.54) is 0 Å². The van der Waals surface area contributed by atoms with Crippen molar-refractivity contribution >= 4 is 10.8 Å². The third kappa shape index (κ3) is 6.10. The summed E-state index contributed by atoms with van der Waals surface area (Å²) < 4.78 is 0. The van der Waals surface area contributed by atoms with Gasteiger partial charge in [0.25, 0.3) is 0 Å². The molecule has 0 aliphatic rings. The molecule has 0 unspecified atom stereocenters. The first-order valence-electron chi connectivity index (χ1n) is 17.1. The Morgan fingerprint density at radius 2 is 0.442 bits per heavy atom. The Balaban J connectivity index is 1.20. The minimum absolute atomic E-state index is 0.587. The lowest BCUT2D eigenvalue weighted by Gasteiger charge is -2.13. The summed E-state index contributed by atoms with van der Waals surface area (Å²) in [6, 6.07) is 61.2. The Morgan fingerprint density at radius 3 is 0.808 bits per heavy atom. The molecule has 6 heteroatoms. The van der Waals surface area contributed by atoms with E-state index in [0.29, 0.717) is 34.9 Å². The lowest BCUT2D eigenvalue weighted by Crippen LogP contribution is -2.02. The van der Waals surface area contributed by atoms with Crippen LogP contribution in [0.25, 0.3) is 90.2 Å². The van der Waals surface area contributed by atoms with E-state index in [4.69, 9.17) is 29.9 Å². The first kappa shape index (κ1) is 30.8. The number of hydrogen-bond acceptors (Lipinski definition) is 6. The van der Waals surface area contributed by atoms with Crippen molar-refractivity contribution < 1.29 is 0 Å². The van der Waals surface area contributed by atoms with Crippen LogP contribution in [0.15, 0.2) is 182 Å². The third-order valence-electron chi connectivity index (χ3n) is 9.02. The highest BCUT2D eigenvalue weighted by molar-refractivity contribution is 6.03. The zero-order valence-corrected chi connectivity index (χ0v) is 28.0. The van der Waals surface area contributed by atoms with Crippen molar-refractivity contribution in [2.45, 2.75) is 0 Å². The largest absolute Gasteiger partial charge is 0.208 e. The maximum atomic E-state index is 5.10. The maximum absolute atomic E-state index is 5.10. The van der Waals surface area contributed by atoms with Gasteiger partial charge in [0, 0.05) is 33.4 Å². The highest BCUT2D eigenvalue weighted by atomic mass is 15.0. The summed E-state index contributed by atoms with van der Waals surface area (Å²) in [5, 5.41) is 1.97. The van der Waals surface area contributed by atoms with Crippen molar-refractivity contribution in [1.29, 1.82) is 0 Å². The highest BCUT2D eigenvalue weighted by Gasteiger charge is 2.19. The van der Waals surface area contributed by atoms with Gasteiger partial charge >= 0.3 is 0 Å². The van der Waals surface area contributed by atoms with Crippen LogP contribution in [0.2, 0.25) is 0 Å². The monoisotopic (exact) mass is 666 g/mol. The smallest absolute Gasteiger partial charge is 0.164 e. The molecule has 0 bridgehead atoms. The van der Waals surface area contributed by atoms with Crippen molar-refractivity contribution in [2.75, 3.05) is 0 Å². The van der Waals surface area contributed by atoms with Crippen molar-refractivity contribution in [1.82, 2.24) is 29.9 Å². The van der Waals surface area contributed by atoms with E-state index >= 15 is 0 Å². The van der Waals surface area contributed by atoms with Gasteiger partial charge in [-0.15, -0.1) is 0 Å². The van der Waals surface area contributed by atoms with Gasteiger partial charge in [0.15, 0.2) is 34.9 Å². The van der Waals surface area contributed by atoms with Crippen LogP contribution in [0.5, 0.6) is 0 Å². The molecule has 244 valence electrons. The molecule has 0 atom stereocenters. The molecule has 0 N–H and O–H groups in total. The Hall–Kier alpha value is -7.18. The van der Waals surface area contributed by atoms with Crippen molar-refractivity contribution in [2.24, 2.45) is 0 Å². The molecule has 0 saturated heterocycles. The fourth-order valence-electron chi connectivity index (χ4n) is 6.40. The summed E-state index contributed by atoms with van der Waals surface area (Å²) in [6.07, 6.45) is 0. The van der Waals surface area contributed by atoms with Gasteiger partial charge in [-0.2, -0.15) is 0 Å². The second-order valence-electron chi connectivity index (χ2n) is 12.4. The molecule has 0 fully saturated rings. The van der Waals surface area contributed by atoms with E-state index < -0.39 is 0 Å². The van der Waals surface area contributed by atoms with E-state index in [1.54, 1.807) is 0 Å². The van der Waals surface area contributed by atoms with Crippen LogP contribution in [-0.4, -0.2) is 29.9 Å². The summed E-state index contributed by atoms with van der Waals surface area (Å²) in [5.74, 6) is 3.63. The topological polar surface area (TPSA) is 77.3 Å². The number of hydrogen-bond donors (Lipinski definition) is 0. The summed E-state index contributed by atoms with van der Waals surface area (Å²) >= 11 is 0. The van der Waals surface area contributed by atoms with Gasteiger partial charge in [-0.1, -0.05) is 170 Å². The molecule has 6 nitrogen and oxygen atoms in total. The van der Waals surface area contributed by atoms with E-state index in [2.05, 4.69) is 72.8 Å². The normalized spacial score (nSPS) is 11.1. The lowest BCUT2D eigenvalue weighted by molar-refractivity contribution is 1.07. The van der Waals surface area contributed by atoms with Crippen LogP contribution in [0, 0.1) is 0 Å². The molecule has 52 heavy (non-hydrogen) atoms. The quantitative estimate of drug-likeness (QED) is 0.168. The molecule has 9 aromatic rings. The molecule has 0 aliphatic heterocycles. The van der Waals surface area contributed by atoms with E-state index in [0.717, 1.165) is 55.3 Å². The summed E-state index contributed by atoms with van der Waals surface area (Å²) in [4.78, 5) is 30.1. The van der Waals surface area contributed by atoms with Gasteiger partial charge in [-0.3, -0.25) is 0 Å². The summed E-state index contributed by atoms with van der Waals surface area (Å²) in [7, 11) is 0. The molecule has 0 saturated carbocycles. The number of rotatable bonds is 7. The average Bonchev–Trinajstić information content (AvgIpc) is 3.24. The Labute approximate surface area is 301 Å². The molecule has 2 aromatic heterocycles. The van der Waals surface area contributed by atoms with Gasteiger partial charge < -0.3 is 0 Å². The van der Waals surface area contributed by atoms with Crippen LogP contribution in [0.1, 0.15) is 0 Å². The Bertz CT molecular complexity index is 2590.